The molecule has 0 radical (unpaired) electrons. The van der Waals surface area contributed by atoms with E-state index in [0.717, 1.165) is 19.3 Å². The summed E-state index contributed by atoms with van der Waals surface area (Å²) in [5.41, 5.74) is 0. The normalized spacial score (nSPS) is 12.2. The van der Waals surface area contributed by atoms with Gasteiger partial charge in [-0.25, -0.2) is 0 Å². The average Bonchev–Trinajstić information content (AvgIpc) is 2.48. The Labute approximate surface area is 171 Å². The van der Waals surface area contributed by atoms with Crippen molar-refractivity contribution in [1.82, 2.24) is 5.32 Å². The smallest absolute Gasteiger partial charge is 1.00 e. The molecule has 1 unspecified atom stereocenters. The summed E-state index contributed by atoms with van der Waals surface area (Å²) in [5.74, 6) is -0.494. The SMILES string of the molecule is C=CC(=O)NC(CCCCCCCCCC)CCCS(=O)(=O)O.[H-].[Na+]. The minimum Gasteiger partial charge on any atom is -1.00 e. The van der Waals surface area contributed by atoms with Crippen LogP contribution >= 0.6 is 0 Å². The van der Waals surface area contributed by atoms with Gasteiger partial charge >= 0.3 is 29.6 Å². The maximum absolute atomic E-state index is 11.4. The Morgan fingerprint density at radius 1 is 1.08 bits per heavy atom. The van der Waals surface area contributed by atoms with Crippen LogP contribution in [0.15, 0.2) is 12.7 Å². The van der Waals surface area contributed by atoms with Gasteiger partial charge in [-0.1, -0.05) is 64.9 Å². The minimum absolute atomic E-state index is 0. The second kappa shape index (κ2) is 16.6. The second-order valence-corrected chi connectivity index (χ2v) is 7.67. The fourth-order valence-electron chi connectivity index (χ4n) is 2.59. The van der Waals surface area contributed by atoms with Crippen LogP contribution in [-0.4, -0.2) is 30.7 Å². The van der Waals surface area contributed by atoms with Crippen molar-refractivity contribution in [2.24, 2.45) is 0 Å². The van der Waals surface area contributed by atoms with Crippen molar-refractivity contribution in [3.05, 3.63) is 12.7 Å². The first kappa shape index (κ1) is 26.4. The first-order valence-electron chi connectivity index (χ1n) is 8.77. The van der Waals surface area contributed by atoms with Crippen LogP contribution in [0.2, 0.25) is 0 Å². The first-order chi connectivity index (χ1) is 10.9. The monoisotopic (exact) mass is 371 g/mol. The van der Waals surface area contributed by atoms with Crippen molar-refractivity contribution >= 4 is 16.0 Å². The molecule has 0 heterocycles. The van der Waals surface area contributed by atoms with Crippen molar-refractivity contribution in [2.45, 2.75) is 83.6 Å². The van der Waals surface area contributed by atoms with Crippen LogP contribution in [0.3, 0.4) is 0 Å². The maximum Gasteiger partial charge on any atom is 1.00 e. The van der Waals surface area contributed by atoms with Gasteiger partial charge in [-0.05, 0) is 25.3 Å². The van der Waals surface area contributed by atoms with Gasteiger partial charge in [0.15, 0.2) is 0 Å². The zero-order chi connectivity index (χ0) is 17.6. The average molecular weight is 372 g/mol. The summed E-state index contributed by atoms with van der Waals surface area (Å²) in [4.78, 5) is 11.4. The molecule has 24 heavy (non-hydrogen) atoms. The van der Waals surface area contributed by atoms with E-state index in [1.54, 1.807) is 0 Å². The zero-order valence-electron chi connectivity index (χ0n) is 16.4. The van der Waals surface area contributed by atoms with E-state index < -0.39 is 10.1 Å². The Hall–Kier alpha value is 0.120. The van der Waals surface area contributed by atoms with E-state index in [-0.39, 0.29) is 48.7 Å². The van der Waals surface area contributed by atoms with Crippen LogP contribution in [-0.2, 0) is 14.9 Å². The van der Waals surface area contributed by atoms with Crippen molar-refractivity contribution in [2.75, 3.05) is 5.75 Å². The third-order valence-corrected chi connectivity index (χ3v) is 4.70. The molecule has 1 amide bonds. The Balaban J connectivity index is -0.00000242. The molecule has 0 aliphatic carbocycles. The molecule has 1 atom stereocenters. The molecule has 0 spiro atoms. The molecule has 0 bridgehead atoms. The van der Waals surface area contributed by atoms with Crippen molar-refractivity contribution in [3.8, 4) is 0 Å². The predicted octanol–water partition coefficient (Wildman–Crippen LogP) is 0.973. The third kappa shape index (κ3) is 18.5. The fourth-order valence-corrected chi connectivity index (χ4v) is 3.12. The Kier molecular flexibility index (Phi) is 18.2. The molecule has 0 saturated heterocycles. The van der Waals surface area contributed by atoms with Gasteiger partial charge in [-0.2, -0.15) is 8.42 Å². The van der Waals surface area contributed by atoms with Gasteiger partial charge in [0.25, 0.3) is 10.1 Å². The molecule has 0 aliphatic rings. The predicted molar refractivity (Wildman–Crippen MR) is 96.1 cm³/mol. The van der Waals surface area contributed by atoms with Gasteiger partial charge in [0.2, 0.25) is 5.91 Å². The van der Waals surface area contributed by atoms with Crippen LogP contribution in [0.1, 0.15) is 79.0 Å². The minimum atomic E-state index is -3.93. The summed E-state index contributed by atoms with van der Waals surface area (Å²) in [7, 11) is -3.93. The van der Waals surface area contributed by atoms with Gasteiger partial charge in [0, 0.05) is 6.04 Å². The van der Waals surface area contributed by atoms with Crippen LogP contribution in [0.4, 0.5) is 0 Å². The number of carbonyl (C=O) groups excluding carboxylic acids is 1. The molecule has 7 heteroatoms. The van der Waals surface area contributed by atoms with E-state index >= 15 is 0 Å². The molecule has 138 valence electrons. The summed E-state index contributed by atoms with van der Waals surface area (Å²) < 4.78 is 30.3. The second-order valence-electron chi connectivity index (χ2n) is 6.10. The molecule has 0 aromatic heterocycles. The first-order valence-corrected chi connectivity index (χ1v) is 10.4. The number of hydrogen-bond acceptors (Lipinski definition) is 3. The largest absolute Gasteiger partial charge is 1.00 e. The summed E-state index contributed by atoms with van der Waals surface area (Å²) in [5, 5.41) is 2.84. The van der Waals surface area contributed by atoms with Gasteiger partial charge in [0.1, 0.15) is 0 Å². The van der Waals surface area contributed by atoms with E-state index in [0.29, 0.717) is 12.8 Å². The van der Waals surface area contributed by atoms with Crippen molar-refractivity contribution in [3.63, 3.8) is 0 Å². The molecule has 0 aromatic rings. The van der Waals surface area contributed by atoms with Gasteiger partial charge in [-0.15, -0.1) is 0 Å². The molecule has 0 aromatic carbocycles. The van der Waals surface area contributed by atoms with Crippen LogP contribution < -0.4 is 34.9 Å². The van der Waals surface area contributed by atoms with Crippen LogP contribution in [0, 0.1) is 0 Å². The number of amides is 1. The molecule has 0 fully saturated rings. The number of carbonyl (C=O) groups is 1. The molecule has 0 aliphatic heterocycles. The summed E-state index contributed by atoms with van der Waals surface area (Å²) in [6, 6.07) is -0.0534. The fraction of sp³-hybridized carbons (Fsp3) is 0.824. The van der Waals surface area contributed by atoms with E-state index in [4.69, 9.17) is 4.55 Å². The van der Waals surface area contributed by atoms with E-state index in [1.807, 2.05) is 0 Å². The van der Waals surface area contributed by atoms with Gasteiger partial charge in [0.05, 0.1) is 5.75 Å². The van der Waals surface area contributed by atoms with Crippen LogP contribution in [0.25, 0.3) is 0 Å². The quantitative estimate of drug-likeness (QED) is 0.194. The standard InChI is InChI=1S/C17H33NO4S.Na.H/c1-3-5-6-7-8-9-10-11-13-16(18-17(19)4-2)14-12-15-23(20,21)22;;/h4,16H,2-3,5-15H2,1H3,(H,18,19)(H,20,21,22);;/q;+1;-1. The van der Waals surface area contributed by atoms with Crippen molar-refractivity contribution in [1.29, 1.82) is 0 Å². The summed E-state index contributed by atoms with van der Waals surface area (Å²) in [6.45, 7) is 5.64. The topological polar surface area (TPSA) is 83.5 Å². The number of nitrogens with one attached hydrogen (secondary N) is 1. The molecule has 2 N–H and O–H groups in total. The molecule has 5 nitrogen and oxygen atoms in total. The third-order valence-electron chi connectivity index (χ3n) is 3.89. The number of hydrogen-bond donors (Lipinski definition) is 2. The summed E-state index contributed by atoms with van der Waals surface area (Å²) in [6.07, 6.45) is 12.7. The number of rotatable bonds is 15. The van der Waals surface area contributed by atoms with E-state index in [9.17, 15) is 13.2 Å². The molecule has 0 saturated carbocycles. The molecule has 0 rings (SSSR count). The van der Waals surface area contributed by atoms with Crippen molar-refractivity contribution < 1.29 is 48.7 Å². The van der Waals surface area contributed by atoms with E-state index in [2.05, 4.69) is 18.8 Å². The molecular formula is C17H34NNaO4S. The maximum atomic E-state index is 11.4. The van der Waals surface area contributed by atoms with Crippen LogP contribution in [0.5, 0.6) is 0 Å². The van der Waals surface area contributed by atoms with Gasteiger partial charge in [-0.3, -0.25) is 9.35 Å². The van der Waals surface area contributed by atoms with Gasteiger partial charge < -0.3 is 6.74 Å². The number of unbranched alkanes of at least 4 members (excludes halogenated alkanes) is 7. The Morgan fingerprint density at radius 3 is 2.08 bits per heavy atom. The Bertz CT molecular complexity index is 432. The zero-order valence-corrected chi connectivity index (χ0v) is 18.2. The Morgan fingerprint density at radius 2 is 1.58 bits per heavy atom. The molecular weight excluding hydrogens is 337 g/mol. The summed E-state index contributed by atoms with van der Waals surface area (Å²) >= 11 is 0. The van der Waals surface area contributed by atoms with E-state index in [1.165, 1.54) is 44.6 Å².